The molecule has 0 atom stereocenters. The van der Waals surface area contributed by atoms with E-state index in [-0.39, 0.29) is 5.91 Å². The van der Waals surface area contributed by atoms with Crippen LogP contribution in [0.4, 0.5) is 0 Å². The molecule has 0 saturated heterocycles. The van der Waals surface area contributed by atoms with Crippen LogP contribution in [-0.4, -0.2) is 39.8 Å². The summed E-state index contributed by atoms with van der Waals surface area (Å²) in [6, 6.07) is 5.82. The van der Waals surface area contributed by atoms with Gasteiger partial charge in [-0.3, -0.25) is 4.79 Å². The number of benzene rings is 1. The number of nitrogens with one attached hydrogen (secondary N) is 2. The Labute approximate surface area is 150 Å². The Morgan fingerprint density at radius 3 is 2.64 bits per heavy atom. The molecule has 0 bridgehead atoms. The largest absolute Gasteiger partial charge is 0.493 e. The van der Waals surface area contributed by atoms with Crippen molar-refractivity contribution in [2.45, 2.75) is 38.5 Å². The second-order valence-electron chi connectivity index (χ2n) is 6.32. The topological polar surface area (TPSA) is 59.6 Å². The molecule has 138 valence electrons. The highest BCUT2D eigenvalue weighted by molar-refractivity contribution is 5.77. The van der Waals surface area contributed by atoms with Gasteiger partial charge < -0.3 is 20.1 Å². The normalized spacial score (nSPS) is 13.9. The molecule has 2 rings (SSSR count). The zero-order valence-corrected chi connectivity index (χ0v) is 15.4. The molecular formula is C20H30N2O3. The summed E-state index contributed by atoms with van der Waals surface area (Å²) in [5, 5.41) is 6.17. The summed E-state index contributed by atoms with van der Waals surface area (Å²) in [4.78, 5) is 11.9. The van der Waals surface area contributed by atoms with Crippen molar-refractivity contribution >= 4 is 5.91 Å². The van der Waals surface area contributed by atoms with Crippen molar-refractivity contribution in [3.05, 3.63) is 35.4 Å². The number of carbonyl (C=O) groups is 1. The van der Waals surface area contributed by atoms with Crippen LogP contribution in [0.3, 0.4) is 0 Å². The summed E-state index contributed by atoms with van der Waals surface area (Å²) in [5.41, 5.74) is 2.64. The van der Waals surface area contributed by atoms with Crippen LogP contribution in [0.1, 0.15) is 37.7 Å². The quantitative estimate of drug-likeness (QED) is 0.505. The highest BCUT2D eigenvalue weighted by atomic mass is 16.5. The van der Waals surface area contributed by atoms with Crippen LogP contribution in [0.15, 0.2) is 29.8 Å². The second kappa shape index (κ2) is 10.8. The third-order valence-electron chi connectivity index (χ3n) is 4.48. The zero-order chi connectivity index (χ0) is 17.9. The number of carbonyl (C=O) groups excluding carboxylic acids is 1. The summed E-state index contributed by atoms with van der Waals surface area (Å²) < 4.78 is 10.5. The Morgan fingerprint density at radius 2 is 1.92 bits per heavy atom. The van der Waals surface area contributed by atoms with Gasteiger partial charge in [0.15, 0.2) is 11.5 Å². The number of ether oxygens (including phenoxy) is 2. The van der Waals surface area contributed by atoms with Gasteiger partial charge in [0.25, 0.3) is 0 Å². The molecule has 0 aliphatic heterocycles. The number of rotatable bonds is 10. The smallest absolute Gasteiger partial charge is 0.233 e. The number of allylic oxidation sites excluding steroid dienone is 1. The van der Waals surface area contributed by atoms with Gasteiger partial charge in [-0.25, -0.2) is 0 Å². The first-order valence-corrected chi connectivity index (χ1v) is 9.09. The number of hydrogen-bond donors (Lipinski definition) is 2. The van der Waals surface area contributed by atoms with Gasteiger partial charge in [-0.2, -0.15) is 0 Å². The SMILES string of the molecule is COc1ccc(CCNC(=O)CNCCC2=CCCCC2)cc1OC. The lowest BCUT2D eigenvalue weighted by atomic mass is 9.97. The second-order valence-corrected chi connectivity index (χ2v) is 6.32. The van der Waals surface area contributed by atoms with Gasteiger partial charge in [0, 0.05) is 6.54 Å². The molecule has 1 amide bonds. The van der Waals surface area contributed by atoms with E-state index in [1.807, 2.05) is 18.2 Å². The van der Waals surface area contributed by atoms with Gasteiger partial charge in [0.1, 0.15) is 0 Å². The molecule has 0 saturated carbocycles. The monoisotopic (exact) mass is 346 g/mol. The maximum Gasteiger partial charge on any atom is 0.233 e. The lowest BCUT2D eigenvalue weighted by Crippen LogP contribution is -2.35. The highest BCUT2D eigenvalue weighted by Gasteiger charge is 2.06. The molecule has 0 unspecified atom stereocenters. The standard InChI is InChI=1S/C20H30N2O3/c1-24-18-9-8-17(14-19(18)25-2)11-13-22-20(23)15-21-12-10-16-6-4-3-5-7-16/h6,8-9,14,21H,3-5,7,10-13,15H2,1-2H3,(H,22,23). The third kappa shape index (κ3) is 6.78. The van der Waals surface area contributed by atoms with Crippen LogP contribution < -0.4 is 20.1 Å². The van der Waals surface area contributed by atoms with Crippen molar-refractivity contribution in [1.82, 2.24) is 10.6 Å². The van der Waals surface area contributed by atoms with E-state index in [2.05, 4.69) is 16.7 Å². The van der Waals surface area contributed by atoms with E-state index >= 15 is 0 Å². The fraction of sp³-hybridized carbons (Fsp3) is 0.550. The molecule has 0 fully saturated rings. The van der Waals surface area contributed by atoms with E-state index in [4.69, 9.17) is 9.47 Å². The minimum Gasteiger partial charge on any atom is -0.493 e. The number of amides is 1. The first kappa shape index (κ1) is 19.3. The summed E-state index contributed by atoms with van der Waals surface area (Å²) >= 11 is 0. The van der Waals surface area contributed by atoms with Crippen molar-refractivity contribution in [3.63, 3.8) is 0 Å². The molecular weight excluding hydrogens is 316 g/mol. The minimum atomic E-state index is 0.0399. The van der Waals surface area contributed by atoms with Crippen molar-refractivity contribution in [1.29, 1.82) is 0 Å². The third-order valence-corrected chi connectivity index (χ3v) is 4.48. The maximum atomic E-state index is 11.9. The predicted molar refractivity (Wildman–Crippen MR) is 100 cm³/mol. The first-order valence-electron chi connectivity index (χ1n) is 9.09. The molecule has 0 aromatic heterocycles. The molecule has 5 heteroatoms. The average molecular weight is 346 g/mol. The van der Waals surface area contributed by atoms with Gasteiger partial charge in [-0.05, 0) is 62.8 Å². The average Bonchev–Trinajstić information content (AvgIpc) is 2.66. The molecule has 1 aromatic carbocycles. The van der Waals surface area contributed by atoms with E-state index in [1.165, 1.54) is 31.3 Å². The van der Waals surface area contributed by atoms with Gasteiger partial charge in [-0.15, -0.1) is 0 Å². The molecule has 0 spiro atoms. The van der Waals surface area contributed by atoms with Crippen LogP contribution in [-0.2, 0) is 11.2 Å². The molecule has 1 aliphatic rings. The maximum absolute atomic E-state index is 11.9. The lowest BCUT2D eigenvalue weighted by molar-refractivity contribution is -0.120. The summed E-state index contributed by atoms with van der Waals surface area (Å²) in [6.07, 6.45) is 9.24. The molecule has 1 aromatic rings. The number of methoxy groups -OCH3 is 2. The van der Waals surface area contributed by atoms with Gasteiger partial charge in [-0.1, -0.05) is 17.7 Å². The molecule has 25 heavy (non-hydrogen) atoms. The Kier molecular flexibility index (Phi) is 8.32. The Hall–Kier alpha value is -2.01. The number of hydrogen-bond acceptors (Lipinski definition) is 4. The molecule has 1 aliphatic carbocycles. The van der Waals surface area contributed by atoms with Crippen LogP contribution in [0.5, 0.6) is 11.5 Å². The van der Waals surface area contributed by atoms with Gasteiger partial charge in [0.05, 0.1) is 20.8 Å². The minimum absolute atomic E-state index is 0.0399. The van der Waals surface area contributed by atoms with Crippen molar-refractivity contribution in [2.75, 3.05) is 33.9 Å². The summed E-state index contributed by atoms with van der Waals surface area (Å²) in [6.45, 7) is 1.86. The first-order chi connectivity index (χ1) is 12.2. The Morgan fingerprint density at radius 1 is 1.08 bits per heavy atom. The van der Waals surface area contributed by atoms with Crippen molar-refractivity contribution in [2.24, 2.45) is 0 Å². The molecule has 0 heterocycles. The van der Waals surface area contributed by atoms with E-state index in [9.17, 15) is 4.79 Å². The van der Waals surface area contributed by atoms with Gasteiger partial charge in [0.2, 0.25) is 5.91 Å². The van der Waals surface area contributed by atoms with E-state index < -0.39 is 0 Å². The molecule has 5 nitrogen and oxygen atoms in total. The highest BCUT2D eigenvalue weighted by Crippen LogP contribution is 2.27. The fourth-order valence-corrected chi connectivity index (χ4v) is 3.03. The summed E-state index contributed by atoms with van der Waals surface area (Å²) in [7, 11) is 3.24. The predicted octanol–water partition coefficient (Wildman–Crippen LogP) is 2.84. The molecule has 0 radical (unpaired) electrons. The van der Waals surface area contributed by atoms with Crippen LogP contribution in [0.2, 0.25) is 0 Å². The summed E-state index contributed by atoms with van der Waals surface area (Å²) in [5.74, 6) is 1.47. The van der Waals surface area contributed by atoms with E-state index in [0.717, 1.165) is 24.9 Å². The van der Waals surface area contributed by atoms with E-state index in [1.54, 1.807) is 14.2 Å². The zero-order valence-electron chi connectivity index (χ0n) is 15.4. The molecule has 2 N–H and O–H groups in total. The van der Waals surface area contributed by atoms with Crippen molar-refractivity contribution < 1.29 is 14.3 Å². The van der Waals surface area contributed by atoms with Crippen LogP contribution >= 0.6 is 0 Å². The fourth-order valence-electron chi connectivity index (χ4n) is 3.03. The van der Waals surface area contributed by atoms with E-state index in [0.29, 0.717) is 24.6 Å². The van der Waals surface area contributed by atoms with Crippen LogP contribution in [0.25, 0.3) is 0 Å². The Balaban J connectivity index is 1.61. The van der Waals surface area contributed by atoms with Gasteiger partial charge >= 0.3 is 0 Å². The van der Waals surface area contributed by atoms with Crippen molar-refractivity contribution in [3.8, 4) is 11.5 Å². The Bertz CT molecular complexity index is 584. The lowest BCUT2D eigenvalue weighted by Gasteiger charge is -2.13. The van der Waals surface area contributed by atoms with Crippen LogP contribution in [0, 0.1) is 0 Å².